The number of hydrogen-bond acceptors (Lipinski definition) is 3. The summed E-state index contributed by atoms with van der Waals surface area (Å²) in [5.41, 5.74) is 7.73. The highest BCUT2D eigenvalue weighted by Gasteiger charge is 2.51. The molecule has 3 amide bonds. The number of nitrogens with two attached hydrogens (primary N) is 1. The number of amides is 3. The number of fused-ring (bicyclic) bond motifs is 1. The molecule has 0 radical (unpaired) electrons. The van der Waals surface area contributed by atoms with Gasteiger partial charge in [-0.1, -0.05) is 18.6 Å². The van der Waals surface area contributed by atoms with Crippen LogP contribution in [0.4, 0.5) is 10.5 Å². The van der Waals surface area contributed by atoms with Gasteiger partial charge in [0, 0.05) is 24.8 Å². The summed E-state index contributed by atoms with van der Waals surface area (Å²) < 4.78 is 5.42. The lowest BCUT2D eigenvalue weighted by Crippen LogP contribution is -2.46. The van der Waals surface area contributed by atoms with Crippen LogP contribution in [0, 0.1) is 0 Å². The van der Waals surface area contributed by atoms with Crippen molar-refractivity contribution < 1.29 is 14.3 Å². The highest BCUT2D eigenvalue weighted by Crippen LogP contribution is 2.44. The number of urea groups is 1. The summed E-state index contributed by atoms with van der Waals surface area (Å²) in [7, 11) is 1.74. The van der Waals surface area contributed by atoms with E-state index in [9.17, 15) is 9.59 Å². The molecule has 0 aromatic heterocycles. The lowest BCUT2D eigenvalue weighted by Gasteiger charge is -2.42. The van der Waals surface area contributed by atoms with Crippen molar-refractivity contribution >= 4 is 17.6 Å². The Morgan fingerprint density at radius 1 is 1.28 bits per heavy atom. The van der Waals surface area contributed by atoms with E-state index in [1.54, 1.807) is 16.9 Å². The number of anilines is 1. The number of carbonyl (C=O) groups is 2. The number of benzene rings is 1. The van der Waals surface area contributed by atoms with Crippen LogP contribution in [0.25, 0.3) is 0 Å². The van der Waals surface area contributed by atoms with E-state index in [4.69, 9.17) is 10.5 Å². The van der Waals surface area contributed by atoms with E-state index < -0.39 is 11.9 Å². The second-order valence-corrected chi connectivity index (χ2v) is 7.52. The van der Waals surface area contributed by atoms with Crippen molar-refractivity contribution in [1.82, 2.24) is 4.90 Å². The molecular formula is C19H25N3O3. The fourth-order valence-electron chi connectivity index (χ4n) is 4.75. The Morgan fingerprint density at radius 2 is 2.00 bits per heavy atom. The molecule has 6 heteroatoms. The van der Waals surface area contributed by atoms with Gasteiger partial charge in [-0.05, 0) is 43.4 Å². The number of primary amides is 1. The summed E-state index contributed by atoms with van der Waals surface area (Å²) in [6.07, 6.45) is 5.25. The number of methoxy groups -OCH3 is 1. The maximum Gasteiger partial charge on any atom is 0.325 e. The molecule has 4 rings (SSSR count). The van der Waals surface area contributed by atoms with E-state index in [1.807, 2.05) is 12.1 Å². The minimum Gasteiger partial charge on any atom is -0.384 e. The van der Waals surface area contributed by atoms with Crippen LogP contribution in [0.5, 0.6) is 0 Å². The Morgan fingerprint density at radius 3 is 2.56 bits per heavy atom. The predicted molar refractivity (Wildman–Crippen MR) is 94.4 cm³/mol. The van der Waals surface area contributed by atoms with Crippen molar-refractivity contribution in [3.05, 3.63) is 29.8 Å². The average molecular weight is 343 g/mol. The molecule has 2 N–H and O–H groups in total. The lowest BCUT2D eigenvalue weighted by molar-refractivity contribution is -0.119. The smallest absolute Gasteiger partial charge is 0.325 e. The quantitative estimate of drug-likeness (QED) is 0.888. The van der Waals surface area contributed by atoms with Gasteiger partial charge in [-0.25, -0.2) is 4.79 Å². The van der Waals surface area contributed by atoms with Gasteiger partial charge >= 0.3 is 6.03 Å². The zero-order valence-electron chi connectivity index (χ0n) is 14.6. The van der Waals surface area contributed by atoms with E-state index in [0.717, 1.165) is 38.0 Å². The van der Waals surface area contributed by atoms with Crippen molar-refractivity contribution in [3.63, 3.8) is 0 Å². The van der Waals surface area contributed by atoms with E-state index >= 15 is 0 Å². The van der Waals surface area contributed by atoms with Crippen molar-refractivity contribution in [3.8, 4) is 0 Å². The van der Waals surface area contributed by atoms with Crippen molar-refractivity contribution in [2.75, 3.05) is 25.2 Å². The SMILES string of the molecule is COCC1(c2ccc(N3C(=O)N4CCC[C@@H]4C3C(N)=O)cc2)CCC1. The molecule has 2 aliphatic heterocycles. The molecule has 1 unspecified atom stereocenters. The van der Waals surface area contributed by atoms with E-state index in [1.165, 1.54) is 12.0 Å². The summed E-state index contributed by atoms with van der Waals surface area (Å²) in [6.45, 7) is 1.42. The van der Waals surface area contributed by atoms with Gasteiger partial charge in [0.25, 0.3) is 0 Å². The first-order valence-corrected chi connectivity index (χ1v) is 9.06. The number of ether oxygens (including phenoxy) is 1. The molecule has 0 bridgehead atoms. The van der Waals surface area contributed by atoms with E-state index in [-0.39, 0.29) is 17.5 Å². The van der Waals surface area contributed by atoms with Crippen LogP contribution < -0.4 is 10.6 Å². The van der Waals surface area contributed by atoms with Crippen LogP contribution in [-0.2, 0) is 14.9 Å². The normalized spacial score (nSPS) is 27.3. The van der Waals surface area contributed by atoms with Gasteiger partial charge in [0.2, 0.25) is 5.91 Å². The average Bonchev–Trinajstić information content (AvgIpc) is 3.13. The Bertz CT molecular complexity index is 684. The molecule has 1 aromatic rings. The second kappa shape index (κ2) is 6.02. The van der Waals surface area contributed by atoms with E-state index in [2.05, 4.69) is 12.1 Å². The third-order valence-corrected chi connectivity index (χ3v) is 6.17. The van der Waals surface area contributed by atoms with Gasteiger partial charge in [0.1, 0.15) is 6.04 Å². The van der Waals surface area contributed by atoms with Gasteiger partial charge in [-0.3, -0.25) is 9.69 Å². The monoisotopic (exact) mass is 343 g/mol. The summed E-state index contributed by atoms with van der Waals surface area (Å²) in [6, 6.07) is 7.27. The first kappa shape index (κ1) is 16.4. The number of hydrogen-bond donors (Lipinski definition) is 1. The van der Waals surface area contributed by atoms with Crippen LogP contribution in [0.2, 0.25) is 0 Å². The van der Waals surface area contributed by atoms with Crippen LogP contribution in [0.15, 0.2) is 24.3 Å². The van der Waals surface area contributed by atoms with Gasteiger partial charge in [-0.2, -0.15) is 0 Å². The molecule has 0 spiro atoms. The van der Waals surface area contributed by atoms with Gasteiger partial charge < -0.3 is 15.4 Å². The molecule has 6 nitrogen and oxygen atoms in total. The molecular weight excluding hydrogens is 318 g/mol. The molecule has 3 fully saturated rings. The Labute approximate surface area is 147 Å². The van der Waals surface area contributed by atoms with Gasteiger partial charge in [0.05, 0.1) is 12.6 Å². The van der Waals surface area contributed by atoms with Crippen LogP contribution in [-0.4, -0.2) is 49.2 Å². The first-order chi connectivity index (χ1) is 12.1. The lowest BCUT2D eigenvalue weighted by atomic mass is 9.65. The molecule has 3 aliphatic rings. The second-order valence-electron chi connectivity index (χ2n) is 7.52. The van der Waals surface area contributed by atoms with Crippen molar-refractivity contribution in [1.29, 1.82) is 0 Å². The third kappa shape index (κ3) is 2.42. The Kier molecular flexibility index (Phi) is 3.95. The highest BCUT2D eigenvalue weighted by atomic mass is 16.5. The van der Waals surface area contributed by atoms with Crippen LogP contribution in [0.3, 0.4) is 0 Å². The fourth-order valence-corrected chi connectivity index (χ4v) is 4.75. The molecule has 25 heavy (non-hydrogen) atoms. The summed E-state index contributed by atoms with van der Waals surface area (Å²) in [5, 5.41) is 0. The largest absolute Gasteiger partial charge is 0.384 e. The Hall–Kier alpha value is -2.08. The molecule has 134 valence electrons. The predicted octanol–water partition coefficient (Wildman–Crippen LogP) is 2.01. The summed E-state index contributed by atoms with van der Waals surface area (Å²) in [5.74, 6) is -0.429. The topological polar surface area (TPSA) is 75.9 Å². The molecule has 1 saturated carbocycles. The number of carbonyl (C=O) groups excluding carboxylic acids is 2. The highest BCUT2D eigenvalue weighted by molar-refractivity contribution is 6.03. The molecule has 1 aliphatic carbocycles. The summed E-state index contributed by atoms with van der Waals surface area (Å²) >= 11 is 0. The summed E-state index contributed by atoms with van der Waals surface area (Å²) in [4.78, 5) is 28.2. The van der Waals surface area contributed by atoms with Crippen molar-refractivity contribution in [2.24, 2.45) is 5.73 Å². The van der Waals surface area contributed by atoms with Crippen LogP contribution >= 0.6 is 0 Å². The third-order valence-electron chi connectivity index (χ3n) is 6.17. The van der Waals surface area contributed by atoms with E-state index in [0.29, 0.717) is 6.54 Å². The first-order valence-electron chi connectivity index (χ1n) is 9.06. The number of rotatable bonds is 5. The minimum atomic E-state index is -0.572. The maximum atomic E-state index is 12.8. The Balaban J connectivity index is 1.63. The fraction of sp³-hybridized carbons (Fsp3) is 0.579. The van der Waals surface area contributed by atoms with Gasteiger partial charge in [-0.15, -0.1) is 0 Å². The van der Waals surface area contributed by atoms with Crippen LogP contribution in [0.1, 0.15) is 37.7 Å². The minimum absolute atomic E-state index is 0.0869. The number of nitrogens with zero attached hydrogens (tertiary/aromatic N) is 2. The standard InChI is InChI=1S/C19H25N3O3/c1-25-12-19(9-3-10-19)13-5-7-14(8-6-13)22-16(17(20)23)15-4-2-11-21(15)18(22)24/h5-8,15-16H,2-4,9-12H2,1H3,(H2,20,23)/t15-,16?/m1/s1. The molecule has 1 aromatic carbocycles. The maximum absolute atomic E-state index is 12.8. The van der Waals surface area contributed by atoms with Gasteiger partial charge in [0.15, 0.2) is 0 Å². The molecule has 2 atom stereocenters. The molecule has 2 heterocycles. The van der Waals surface area contributed by atoms with Crippen molar-refractivity contribution in [2.45, 2.75) is 49.6 Å². The zero-order valence-corrected chi connectivity index (χ0v) is 14.6. The molecule has 2 saturated heterocycles. The zero-order chi connectivity index (χ0) is 17.6.